The normalized spacial score (nSPS) is 18.8. The Kier molecular flexibility index (Phi) is 11.5. The lowest BCUT2D eigenvalue weighted by Gasteiger charge is -2.38. The number of carbonyl (C=O) groups is 1. The van der Waals surface area contributed by atoms with Crippen molar-refractivity contribution in [2.24, 2.45) is 5.41 Å². The molecule has 2 aromatic rings. The molecule has 4 rings (SSSR count). The van der Waals surface area contributed by atoms with Crippen LogP contribution in [0, 0.1) is 5.41 Å². The Morgan fingerprint density at radius 3 is 2.49 bits per heavy atom. The molecule has 1 fully saturated rings. The summed E-state index contributed by atoms with van der Waals surface area (Å²) in [4.78, 5) is 14.5. The van der Waals surface area contributed by atoms with E-state index in [4.69, 9.17) is 14.2 Å². The molecule has 2 aromatic carbocycles. The minimum Gasteiger partial charge on any atom is -0.487 e. The summed E-state index contributed by atoms with van der Waals surface area (Å²) >= 11 is 0. The van der Waals surface area contributed by atoms with E-state index in [1.54, 1.807) is 0 Å². The molecule has 2 heterocycles. The standard InChI is InChI=1S/C31H44N2O4.C2H6/c1-5-35-21-7-18-32-27-11-8-24(9-12-27)25-10-13-28-26(22-25)14-16-31(37-28)15-6-19-33(20-17-31)29(34)36-23-30(2,3)4;1-2/h8-13,22,32H,5-7,14-21,23H2,1-4H3;1-2H3. The molecule has 39 heavy (non-hydrogen) atoms. The van der Waals surface area contributed by atoms with E-state index in [0.29, 0.717) is 13.2 Å². The van der Waals surface area contributed by atoms with Crippen molar-refractivity contribution in [3.8, 4) is 16.9 Å². The maximum absolute atomic E-state index is 12.6. The highest BCUT2D eigenvalue weighted by Crippen LogP contribution is 2.41. The Bertz CT molecular complexity index is 1030. The molecule has 1 unspecified atom stereocenters. The fraction of sp³-hybridized carbons (Fsp3) is 0.606. The Labute approximate surface area is 236 Å². The maximum Gasteiger partial charge on any atom is 0.409 e. The molecule has 0 saturated carbocycles. The molecule has 2 aliphatic rings. The third-order valence-electron chi connectivity index (χ3n) is 7.24. The van der Waals surface area contributed by atoms with Crippen molar-refractivity contribution in [3.63, 3.8) is 0 Å². The maximum atomic E-state index is 12.6. The van der Waals surface area contributed by atoms with Crippen LogP contribution >= 0.6 is 0 Å². The van der Waals surface area contributed by atoms with Crippen molar-refractivity contribution in [2.45, 2.75) is 85.7 Å². The van der Waals surface area contributed by atoms with E-state index in [1.807, 2.05) is 25.7 Å². The van der Waals surface area contributed by atoms with Gasteiger partial charge in [0.15, 0.2) is 0 Å². The largest absolute Gasteiger partial charge is 0.487 e. The van der Waals surface area contributed by atoms with Crippen LogP contribution < -0.4 is 10.1 Å². The van der Waals surface area contributed by atoms with E-state index < -0.39 is 0 Å². The number of aryl methyl sites for hydroxylation is 1. The highest BCUT2D eigenvalue weighted by Gasteiger charge is 2.39. The van der Waals surface area contributed by atoms with E-state index in [2.05, 4.69) is 68.6 Å². The van der Waals surface area contributed by atoms with E-state index in [9.17, 15) is 4.79 Å². The van der Waals surface area contributed by atoms with E-state index in [-0.39, 0.29) is 17.1 Å². The quantitative estimate of drug-likeness (QED) is 0.346. The van der Waals surface area contributed by atoms with Crippen molar-refractivity contribution >= 4 is 11.8 Å². The van der Waals surface area contributed by atoms with Crippen LogP contribution in [0.5, 0.6) is 5.75 Å². The van der Waals surface area contributed by atoms with Crippen LogP contribution in [0.3, 0.4) is 0 Å². The third-order valence-corrected chi connectivity index (χ3v) is 7.24. The van der Waals surface area contributed by atoms with Gasteiger partial charge in [-0.1, -0.05) is 52.8 Å². The summed E-state index contributed by atoms with van der Waals surface area (Å²) in [6, 6.07) is 15.2. The SMILES string of the molecule is CC.CCOCCCNc1ccc(-c2ccc3c(c2)CCC2(CCCN(C(=O)OCC(C)(C)C)CC2)O3)cc1. The Hall–Kier alpha value is -2.73. The minimum absolute atomic E-state index is 0.0274. The van der Waals surface area contributed by atoms with Gasteiger partial charge < -0.3 is 24.4 Å². The predicted molar refractivity (Wildman–Crippen MR) is 161 cm³/mol. The zero-order valence-electron chi connectivity index (χ0n) is 25.1. The molecule has 1 amide bonds. The fourth-order valence-corrected chi connectivity index (χ4v) is 5.10. The van der Waals surface area contributed by atoms with Crippen molar-refractivity contribution in [1.82, 2.24) is 4.90 Å². The molecule has 1 spiro atoms. The molecule has 0 aromatic heterocycles. The topological polar surface area (TPSA) is 60.0 Å². The van der Waals surface area contributed by atoms with E-state index in [1.165, 1.54) is 16.7 Å². The number of rotatable bonds is 8. The van der Waals surface area contributed by atoms with Crippen molar-refractivity contribution < 1.29 is 19.0 Å². The van der Waals surface area contributed by atoms with Gasteiger partial charge in [-0.2, -0.15) is 0 Å². The number of benzene rings is 2. The Morgan fingerprint density at radius 1 is 1.03 bits per heavy atom. The summed E-state index contributed by atoms with van der Waals surface area (Å²) in [5.41, 5.74) is 4.61. The van der Waals surface area contributed by atoms with Gasteiger partial charge in [0.1, 0.15) is 11.4 Å². The number of hydrogen-bond donors (Lipinski definition) is 1. The van der Waals surface area contributed by atoms with Gasteiger partial charge in [0.2, 0.25) is 0 Å². The smallest absolute Gasteiger partial charge is 0.409 e. The molecule has 216 valence electrons. The summed E-state index contributed by atoms with van der Waals surface area (Å²) in [7, 11) is 0. The van der Waals surface area contributed by atoms with Crippen LogP contribution in [-0.4, -0.2) is 56.0 Å². The van der Waals surface area contributed by atoms with Gasteiger partial charge in [0.05, 0.1) is 6.61 Å². The van der Waals surface area contributed by atoms with Crippen LogP contribution in [-0.2, 0) is 15.9 Å². The number of likely N-dealkylation sites (tertiary alicyclic amines) is 1. The molecule has 0 bridgehead atoms. The van der Waals surface area contributed by atoms with Gasteiger partial charge in [-0.3, -0.25) is 0 Å². The monoisotopic (exact) mass is 538 g/mol. The first-order valence-corrected chi connectivity index (χ1v) is 14.9. The summed E-state index contributed by atoms with van der Waals surface area (Å²) in [5.74, 6) is 0.992. The second kappa shape index (κ2) is 14.6. The molecule has 2 aliphatic heterocycles. The first-order valence-electron chi connectivity index (χ1n) is 14.9. The first-order chi connectivity index (χ1) is 18.8. The summed E-state index contributed by atoms with van der Waals surface area (Å²) in [5, 5.41) is 3.46. The molecule has 0 radical (unpaired) electrons. The second-order valence-electron chi connectivity index (χ2n) is 11.6. The predicted octanol–water partition coefficient (Wildman–Crippen LogP) is 7.95. The highest BCUT2D eigenvalue weighted by molar-refractivity contribution is 5.68. The van der Waals surface area contributed by atoms with Gasteiger partial charge in [-0.15, -0.1) is 0 Å². The van der Waals surface area contributed by atoms with Crippen LogP contribution in [0.25, 0.3) is 11.1 Å². The lowest BCUT2D eigenvalue weighted by Crippen LogP contribution is -2.41. The van der Waals surface area contributed by atoms with Gasteiger partial charge in [0.25, 0.3) is 0 Å². The van der Waals surface area contributed by atoms with Crippen molar-refractivity contribution in [3.05, 3.63) is 48.0 Å². The lowest BCUT2D eigenvalue weighted by molar-refractivity contribution is 0.0298. The third kappa shape index (κ3) is 9.16. The molecule has 1 N–H and O–H groups in total. The van der Waals surface area contributed by atoms with Gasteiger partial charge in [-0.05, 0) is 85.4 Å². The number of ether oxygens (including phenoxy) is 3. The number of fused-ring (bicyclic) bond motifs is 1. The van der Waals surface area contributed by atoms with Crippen LogP contribution in [0.2, 0.25) is 0 Å². The van der Waals surface area contributed by atoms with Gasteiger partial charge in [0, 0.05) is 45.0 Å². The molecule has 6 nitrogen and oxygen atoms in total. The second-order valence-corrected chi connectivity index (χ2v) is 11.6. The van der Waals surface area contributed by atoms with Crippen molar-refractivity contribution in [2.75, 3.05) is 44.8 Å². The average molecular weight is 539 g/mol. The Morgan fingerprint density at radius 2 is 1.77 bits per heavy atom. The molecular weight excluding hydrogens is 488 g/mol. The van der Waals surface area contributed by atoms with Crippen molar-refractivity contribution in [1.29, 1.82) is 0 Å². The van der Waals surface area contributed by atoms with Crippen LogP contribution in [0.4, 0.5) is 10.5 Å². The highest BCUT2D eigenvalue weighted by atomic mass is 16.6. The zero-order valence-corrected chi connectivity index (χ0v) is 25.1. The molecule has 1 atom stereocenters. The first kappa shape index (κ1) is 30.8. The summed E-state index contributed by atoms with van der Waals surface area (Å²) in [6.45, 7) is 16.6. The molecule has 1 saturated heterocycles. The van der Waals surface area contributed by atoms with Crippen LogP contribution in [0.1, 0.15) is 79.2 Å². The average Bonchev–Trinajstić information content (AvgIpc) is 3.15. The number of amides is 1. The fourth-order valence-electron chi connectivity index (χ4n) is 5.10. The zero-order chi connectivity index (χ0) is 28.3. The van der Waals surface area contributed by atoms with Gasteiger partial charge >= 0.3 is 6.09 Å². The molecule has 0 aliphatic carbocycles. The number of carbonyl (C=O) groups excluding carboxylic acids is 1. The van der Waals surface area contributed by atoms with E-state index in [0.717, 1.165) is 76.3 Å². The van der Waals surface area contributed by atoms with Crippen LogP contribution in [0.15, 0.2) is 42.5 Å². The number of hydrogen-bond acceptors (Lipinski definition) is 5. The number of anilines is 1. The Balaban J connectivity index is 0.00000205. The number of nitrogens with one attached hydrogen (secondary N) is 1. The molecule has 6 heteroatoms. The number of nitrogens with zero attached hydrogens (tertiary/aromatic N) is 1. The lowest BCUT2D eigenvalue weighted by atomic mass is 9.84. The van der Waals surface area contributed by atoms with Gasteiger partial charge in [-0.25, -0.2) is 4.79 Å². The minimum atomic E-state index is -0.195. The summed E-state index contributed by atoms with van der Waals surface area (Å²) < 4.78 is 17.6. The summed E-state index contributed by atoms with van der Waals surface area (Å²) in [6.07, 6.45) is 5.54. The molecular formula is C33H50N2O4. The van der Waals surface area contributed by atoms with E-state index >= 15 is 0 Å².